The van der Waals surface area contributed by atoms with E-state index >= 15 is 0 Å². The van der Waals surface area contributed by atoms with Crippen LogP contribution in [0.15, 0.2) is 18.3 Å². The van der Waals surface area contributed by atoms with Crippen LogP contribution >= 0.6 is 12.2 Å². The van der Waals surface area contributed by atoms with Crippen molar-refractivity contribution in [1.82, 2.24) is 4.98 Å². The first kappa shape index (κ1) is 10.9. The Labute approximate surface area is 88.5 Å². The third-order valence-electron chi connectivity index (χ3n) is 1.72. The summed E-state index contributed by atoms with van der Waals surface area (Å²) in [7, 11) is 0. The van der Waals surface area contributed by atoms with Crippen molar-refractivity contribution in [3.8, 4) is 0 Å². The van der Waals surface area contributed by atoms with E-state index < -0.39 is 0 Å². The summed E-state index contributed by atoms with van der Waals surface area (Å²) < 4.78 is 0.652. The number of hydrogen-bond donors (Lipinski definition) is 2. The van der Waals surface area contributed by atoms with Crippen LogP contribution < -0.4 is 5.32 Å². The second kappa shape index (κ2) is 3.92. The molecule has 4 heteroatoms. The third-order valence-corrected chi connectivity index (χ3v) is 1.98. The maximum atomic E-state index is 11.6. The number of pyridine rings is 1. The van der Waals surface area contributed by atoms with E-state index in [0.29, 0.717) is 4.64 Å². The maximum Gasteiger partial charge on any atom is 0.229 e. The summed E-state index contributed by atoms with van der Waals surface area (Å²) in [5, 5.41) is 2.79. The van der Waals surface area contributed by atoms with Gasteiger partial charge in [-0.3, -0.25) is 4.79 Å². The van der Waals surface area contributed by atoms with Crippen LogP contribution in [0.5, 0.6) is 0 Å². The highest BCUT2D eigenvalue weighted by Crippen LogP contribution is 2.16. The Kier molecular flexibility index (Phi) is 3.06. The molecule has 0 aromatic carbocycles. The fourth-order valence-electron chi connectivity index (χ4n) is 0.807. The highest BCUT2D eigenvalue weighted by atomic mass is 32.1. The van der Waals surface area contributed by atoms with Gasteiger partial charge >= 0.3 is 0 Å². The summed E-state index contributed by atoms with van der Waals surface area (Å²) in [4.78, 5) is 14.4. The van der Waals surface area contributed by atoms with Gasteiger partial charge in [-0.05, 0) is 12.1 Å². The summed E-state index contributed by atoms with van der Waals surface area (Å²) in [6, 6.07) is 3.52. The summed E-state index contributed by atoms with van der Waals surface area (Å²) in [5.41, 5.74) is 0.352. The second-order valence-electron chi connectivity index (χ2n) is 4.15. The van der Waals surface area contributed by atoms with Crippen LogP contribution in [-0.4, -0.2) is 10.9 Å². The normalized spacial score (nSPS) is 11.1. The number of H-pyrrole nitrogens is 1. The highest BCUT2D eigenvalue weighted by molar-refractivity contribution is 7.71. The molecule has 1 aromatic rings. The van der Waals surface area contributed by atoms with Gasteiger partial charge in [0.1, 0.15) is 4.64 Å². The Hall–Kier alpha value is -1.16. The molecule has 1 rings (SSSR count). The van der Waals surface area contributed by atoms with Gasteiger partial charge in [0.05, 0.1) is 5.69 Å². The number of carbonyl (C=O) groups is 1. The molecule has 1 heterocycles. The van der Waals surface area contributed by atoms with Crippen LogP contribution in [0, 0.1) is 10.1 Å². The monoisotopic (exact) mass is 210 g/mol. The number of rotatable bonds is 1. The van der Waals surface area contributed by atoms with Gasteiger partial charge in [0.2, 0.25) is 5.91 Å². The molecule has 14 heavy (non-hydrogen) atoms. The van der Waals surface area contributed by atoms with Crippen molar-refractivity contribution < 1.29 is 4.79 Å². The minimum absolute atomic E-state index is 0.0111. The summed E-state index contributed by atoms with van der Waals surface area (Å²) >= 11 is 4.89. The first-order chi connectivity index (χ1) is 6.39. The Morgan fingerprint density at radius 1 is 1.43 bits per heavy atom. The molecular formula is C10H14N2OS. The molecule has 0 aliphatic heterocycles. The molecule has 0 atom stereocenters. The van der Waals surface area contributed by atoms with Gasteiger partial charge in [-0.2, -0.15) is 0 Å². The Morgan fingerprint density at radius 3 is 2.50 bits per heavy atom. The molecule has 1 aromatic heterocycles. The van der Waals surface area contributed by atoms with E-state index in [2.05, 4.69) is 10.3 Å². The Balaban J connectivity index is 2.75. The Morgan fingerprint density at radius 2 is 2.07 bits per heavy atom. The van der Waals surface area contributed by atoms with Crippen LogP contribution in [0.3, 0.4) is 0 Å². The van der Waals surface area contributed by atoms with Crippen LogP contribution in [0.4, 0.5) is 5.69 Å². The minimum atomic E-state index is -0.382. The lowest BCUT2D eigenvalue weighted by molar-refractivity contribution is -0.123. The molecule has 0 saturated carbocycles. The van der Waals surface area contributed by atoms with Crippen molar-refractivity contribution >= 4 is 23.8 Å². The molecule has 0 spiro atoms. The molecule has 3 nitrogen and oxygen atoms in total. The lowest BCUT2D eigenvalue weighted by Crippen LogP contribution is -2.27. The van der Waals surface area contributed by atoms with Crippen molar-refractivity contribution in [2.75, 3.05) is 5.32 Å². The maximum absolute atomic E-state index is 11.6. The van der Waals surface area contributed by atoms with E-state index in [1.165, 1.54) is 0 Å². The predicted molar refractivity (Wildman–Crippen MR) is 59.7 cm³/mol. The van der Waals surface area contributed by atoms with Gasteiger partial charge in [-0.25, -0.2) is 0 Å². The molecule has 0 aliphatic carbocycles. The smallest absolute Gasteiger partial charge is 0.229 e. The SMILES string of the molecule is CC(C)(C)C(=O)Nc1ccc(=S)[nH]c1. The number of amides is 1. The molecule has 76 valence electrons. The lowest BCUT2D eigenvalue weighted by atomic mass is 9.96. The molecule has 0 fully saturated rings. The predicted octanol–water partition coefficient (Wildman–Crippen LogP) is 2.73. The number of carbonyl (C=O) groups excluding carboxylic acids is 1. The van der Waals surface area contributed by atoms with Gasteiger partial charge in [-0.15, -0.1) is 0 Å². The topological polar surface area (TPSA) is 44.9 Å². The highest BCUT2D eigenvalue weighted by Gasteiger charge is 2.20. The van der Waals surface area contributed by atoms with Gasteiger partial charge in [0, 0.05) is 11.6 Å². The van der Waals surface area contributed by atoms with Crippen molar-refractivity contribution in [3.63, 3.8) is 0 Å². The average molecular weight is 210 g/mol. The molecule has 1 amide bonds. The first-order valence-electron chi connectivity index (χ1n) is 4.40. The van der Waals surface area contributed by atoms with Gasteiger partial charge < -0.3 is 10.3 Å². The lowest BCUT2D eigenvalue weighted by Gasteiger charge is -2.17. The molecular weight excluding hydrogens is 196 g/mol. The van der Waals surface area contributed by atoms with E-state index in [1.807, 2.05) is 20.8 Å². The number of anilines is 1. The average Bonchev–Trinajstić information content (AvgIpc) is 2.07. The summed E-state index contributed by atoms with van der Waals surface area (Å²) in [6.45, 7) is 5.61. The van der Waals surface area contributed by atoms with Crippen LogP contribution in [0.1, 0.15) is 20.8 Å². The molecule has 0 radical (unpaired) electrons. The van der Waals surface area contributed by atoms with Crippen molar-refractivity contribution in [2.24, 2.45) is 5.41 Å². The van der Waals surface area contributed by atoms with Crippen molar-refractivity contribution in [3.05, 3.63) is 23.0 Å². The zero-order chi connectivity index (χ0) is 10.8. The number of aromatic nitrogens is 1. The molecule has 0 saturated heterocycles. The third kappa shape index (κ3) is 2.96. The molecule has 0 unspecified atom stereocenters. The quantitative estimate of drug-likeness (QED) is 0.700. The van der Waals surface area contributed by atoms with E-state index in [-0.39, 0.29) is 11.3 Å². The van der Waals surface area contributed by atoms with Crippen molar-refractivity contribution in [2.45, 2.75) is 20.8 Å². The fraction of sp³-hybridized carbons (Fsp3) is 0.400. The summed E-state index contributed by atoms with van der Waals surface area (Å²) in [6.07, 6.45) is 1.69. The zero-order valence-corrected chi connectivity index (χ0v) is 9.37. The minimum Gasteiger partial charge on any atom is -0.351 e. The fourth-order valence-corrected chi connectivity index (χ4v) is 0.934. The van der Waals surface area contributed by atoms with Gasteiger partial charge in [-0.1, -0.05) is 33.0 Å². The largest absolute Gasteiger partial charge is 0.351 e. The van der Waals surface area contributed by atoms with E-state index in [0.717, 1.165) is 5.69 Å². The van der Waals surface area contributed by atoms with E-state index in [9.17, 15) is 4.79 Å². The first-order valence-corrected chi connectivity index (χ1v) is 4.80. The van der Waals surface area contributed by atoms with Gasteiger partial charge in [0.25, 0.3) is 0 Å². The Bertz CT molecular complexity index is 369. The number of hydrogen-bond acceptors (Lipinski definition) is 2. The van der Waals surface area contributed by atoms with Crippen LogP contribution in [0.25, 0.3) is 0 Å². The molecule has 2 N–H and O–H groups in total. The zero-order valence-electron chi connectivity index (χ0n) is 8.55. The molecule has 0 aliphatic rings. The summed E-state index contributed by atoms with van der Waals surface area (Å²) in [5.74, 6) is -0.0111. The standard InChI is InChI=1S/C10H14N2OS/c1-10(2,3)9(13)12-7-4-5-8(14)11-6-7/h4-6H,1-3H3,(H,11,14)(H,12,13). The molecule has 0 bridgehead atoms. The van der Waals surface area contributed by atoms with E-state index in [1.54, 1.807) is 18.3 Å². The van der Waals surface area contributed by atoms with Crippen molar-refractivity contribution in [1.29, 1.82) is 0 Å². The number of aromatic amines is 1. The van der Waals surface area contributed by atoms with Crippen LogP contribution in [0.2, 0.25) is 0 Å². The van der Waals surface area contributed by atoms with E-state index in [4.69, 9.17) is 12.2 Å². The number of nitrogens with one attached hydrogen (secondary N) is 2. The van der Waals surface area contributed by atoms with Crippen LogP contribution in [-0.2, 0) is 4.79 Å². The van der Waals surface area contributed by atoms with Gasteiger partial charge in [0.15, 0.2) is 0 Å². The second-order valence-corrected chi connectivity index (χ2v) is 4.59.